The Morgan fingerprint density at radius 1 is 1.48 bits per heavy atom. The number of amides is 1. The largest absolute Gasteiger partial charge is 0.481 e. The average molecular weight is 351 g/mol. The lowest BCUT2D eigenvalue weighted by Crippen LogP contribution is -2.26. The number of fused-ring (bicyclic) bond motifs is 1. The van der Waals surface area contributed by atoms with E-state index in [-0.39, 0.29) is 11.6 Å². The predicted molar refractivity (Wildman–Crippen MR) is 88.6 cm³/mol. The Kier molecular flexibility index (Phi) is 4.39. The topological polar surface area (TPSA) is 91.1 Å². The molecule has 118 valence electrons. The first kappa shape index (κ1) is 15.6. The molecule has 2 heterocycles. The molecule has 1 aromatic heterocycles. The predicted octanol–water partition coefficient (Wildman–Crippen LogP) is 2.44. The van der Waals surface area contributed by atoms with Gasteiger partial charge in [0, 0.05) is 10.3 Å². The van der Waals surface area contributed by atoms with Crippen molar-refractivity contribution in [1.82, 2.24) is 5.32 Å². The number of thioether (sulfide) groups is 1. The first-order valence-corrected chi connectivity index (χ1v) is 8.26. The van der Waals surface area contributed by atoms with Crippen molar-refractivity contribution in [2.24, 2.45) is 10.2 Å². The number of amidine groups is 1. The van der Waals surface area contributed by atoms with Crippen molar-refractivity contribution in [2.75, 3.05) is 0 Å². The molecule has 0 saturated carbocycles. The Labute approximate surface area is 138 Å². The van der Waals surface area contributed by atoms with Crippen molar-refractivity contribution >= 4 is 56.4 Å². The molecule has 1 aliphatic rings. The van der Waals surface area contributed by atoms with Gasteiger partial charge in [-0.15, -0.1) is 16.4 Å². The molecular formula is C14H10FN3O3S2. The van der Waals surface area contributed by atoms with Gasteiger partial charge < -0.3 is 10.4 Å². The van der Waals surface area contributed by atoms with E-state index in [0.29, 0.717) is 5.56 Å². The molecule has 2 aromatic rings. The highest BCUT2D eigenvalue weighted by molar-refractivity contribution is 8.15. The Morgan fingerprint density at radius 3 is 3.09 bits per heavy atom. The minimum atomic E-state index is -1.06. The fourth-order valence-electron chi connectivity index (χ4n) is 1.99. The Balaban J connectivity index is 1.73. The highest BCUT2D eigenvalue weighted by atomic mass is 32.2. The van der Waals surface area contributed by atoms with Crippen molar-refractivity contribution < 1.29 is 19.1 Å². The van der Waals surface area contributed by atoms with Gasteiger partial charge in [-0.2, -0.15) is 5.10 Å². The van der Waals surface area contributed by atoms with E-state index in [1.54, 1.807) is 6.07 Å². The van der Waals surface area contributed by atoms with Crippen molar-refractivity contribution in [2.45, 2.75) is 11.7 Å². The van der Waals surface area contributed by atoms with Crippen molar-refractivity contribution in [3.63, 3.8) is 0 Å². The van der Waals surface area contributed by atoms with E-state index in [9.17, 15) is 14.0 Å². The molecule has 23 heavy (non-hydrogen) atoms. The number of nitrogens with zero attached hydrogens (tertiary/aromatic N) is 2. The lowest BCUT2D eigenvalue weighted by atomic mass is 10.2. The van der Waals surface area contributed by atoms with Gasteiger partial charge in [-0.3, -0.25) is 9.59 Å². The van der Waals surface area contributed by atoms with Crippen LogP contribution < -0.4 is 5.32 Å². The molecule has 2 N–H and O–H groups in total. The summed E-state index contributed by atoms with van der Waals surface area (Å²) in [5.74, 6) is -1.89. The van der Waals surface area contributed by atoms with Crippen molar-refractivity contribution in [1.29, 1.82) is 0 Å². The minimum Gasteiger partial charge on any atom is -0.481 e. The van der Waals surface area contributed by atoms with Crippen LogP contribution in [-0.4, -0.2) is 33.6 Å². The zero-order chi connectivity index (χ0) is 16.4. The quantitative estimate of drug-likeness (QED) is 0.654. The second-order valence-corrected chi connectivity index (χ2v) is 6.81. The molecule has 1 aromatic carbocycles. The molecule has 3 rings (SSSR count). The third kappa shape index (κ3) is 3.57. The third-order valence-electron chi connectivity index (χ3n) is 3.05. The zero-order valence-electron chi connectivity index (χ0n) is 11.5. The summed E-state index contributed by atoms with van der Waals surface area (Å²) in [6.45, 7) is 0. The number of hydrogen-bond donors (Lipinski definition) is 2. The monoisotopic (exact) mass is 351 g/mol. The van der Waals surface area contributed by atoms with Gasteiger partial charge in [-0.25, -0.2) is 4.39 Å². The number of carboxylic acid groups (broad SMARTS) is 1. The SMILES string of the molecule is O=C(O)CC1SC(=NN=Cc2cc3sccc3cc2F)NC1=O. The molecule has 0 radical (unpaired) electrons. The Hall–Kier alpha value is -2.26. The van der Waals surface area contributed by atoms with Crippen molar-refractivity contribution in [3.8, 4) is 0 Å². The van der Waals surface area contributed by atoms with Gasteiger partial charge in [0.2, 0.25) is 5.91 Å². The van der Waals surface area contributed by atoms with Crippen LogP contribution in [0.2, 0.25) is 0 Å². The maximum Gasteiger partial charge on any atom is 0.305 e. The van der Waals surface area contributed by atoms with Gasteiger partial charge >= 0.3 is 5.97 Å². The van der Waals surface area contributed by atoms with Gasteiger partial charge in [-0.1, -0.05) is 11.8 Å². The molecular weight excluding hydrogens is 341 g/mol. The van der Waals surface area contributed by atoms with Gasteiger partial charge in [0.15, 0.2) is 5.17 Å². The fourth-order valence-corrected chi connectivity index (χ4v) is 3.72. The summed E-state index contributed by atoms with van der Waals surface area (Å²) in [5.41, 5.74) is 0.292. The van der Waals surface area contributed by atoms with Crippen LogP contribution >= 0.6 is 23.1 Å². The number of halogens is 1. The zero-order valence-corrected chi connectivity index (χ0v) is 13.2. The summed E-state index contributed by atoms with van der Waals surface area (Å²) < 4.78 is 14.8. The number of benzene rings is 1. The van der Waals surface area contributed by atoms with E-state index in [1.165, 1.54) is 23.6 Å². The Bertz CT molecular complexity index is 847. The molecule has 6 nitrogen and oxygen atoms in total. The van der Waals surface area contributed by atoms with E-state index in [1.807, 2.05) is 11.4 Å². The maximum absolute atomic E-state index is 13.9. The van der Waals surface area contributed by atoms with Gasteiger partial charge in [0.1, 0.15) is 11.1 Å². The highest BCUT2D eigenvalue weighted by Gasteiger charge is 2.32. The van der Waals surface area contributed by atoms with E-state index in [0.717, 1.165) is 21.8 Å². The molecule has 0 spiro atoms. The molecule has 1 atom stereocenters. The number of carbonyl (C=O) groups is 2. The normalized spacial score (nSPS) is 19.8. The van der Waals surface area contributed by atoms with E-state index in [4.69, 9.17) is 5.11 Å². The lowest BCUT2D eigenvalue weighted by Gasteiger charge is -1.98. The molecule has 0 bridgehead atoms. The molecule has 1 fully saturated rings. The molecule has 1 aliphatic heterocycles. The van der Waals surface area contributed by atoms with E-state index in [2.05, 4.69) is 15.5 Å². The second-order valence-electron chi connectivity index (χ2n) is 4.68. The second kappa shape index (κ2) is 6.47. The van der Waals surface area contributed by atoms with Gasteiger partial charge in [0.05, 0.1) is 12.6 Å². The standard InChI is InChI=1S/C14H10FN3O3S2/c15-9-3-7-1-2-22-10(7)4-8(9)6-16-18-14-17-13(21)11(23-14)5-12(19)20/h1-4,6,11H,5H2,(H,19,20)(H,17,18,21). The first-order chi connectivity index (χ1) is 11.0. The van der Waals surface area contributed by atoms with Gasteiger partial charge in [-0.05, 0) is 29.0 Å². The first-order valence-electron chi connectivity index (χ1n) is 6.50. The van der Waals surface area contributed by atoms with E-state index >= 15 is 0 Å². The summed E-state index contributed by atoms with van der Waals surface area (Å²) in [6.07, 6.45) is 0.974. The van der Waals surface area contributed by atoms with Gasteiger partial charge in [0.25, 0.3) is 0 Å². The molecule has 9 heteroatoms. The number of carbonyl (C=O) groups excluding carboxylic acids is 1. The summed E-state index contributed by atoms with van der Waals surface area (Å²) in [5, 5.41) is 20.9. The number of carboxylic acids is 1. The summed E-state index contributed by atoms with van der Waals surface area (Å²) in [7, 11) is 0. The van der Waals surface area contributed by atoms with Crippen LogP contribution in [0.4, 0.5) is 4.39 Å². The lowest BCUT2D eigenvalue weighted by molar-refractivity contribution is -0.138. The highest BCUT2D eigenvalue weighted by Crippen LogP contribution is 2.24. The smallest absolute Gasteiger partial charge is 0.305 e. The van der Waals surface area contributed by atoms with Crippen LogP contribution in [0.1, 0.15) is 12.0 Å². The summed E-state index contributed by atoms with van der Waals surface area (Å²) in [4.78, 5) is 22.2. The molecule has 1 amide bonds. The van der Waals surface area contributed by atoms with E-state index < -0.39 is 22.9 Å². The van der Waals surface area contributed by atoms with Crippen LogP contribution in [0.25, 0.3) is 10.1 Å². The maximum atomic E-state index is 13.9. The van der Waals surface area contributed by atoms with Crippen LogP contribution in [0.5, 0.6) is 0 Å². The van der Waals surface area contributed by atoms with Crippen LogP contribution in [0.3, 0.4) is 0 Å². The third-order valence-corrected chi connectivity index (χ3v) is 5.01. The number of aliphatic carboxylic acids is 1. The fraction of sp³-hybridized carbons (Fsp3) is 0.143. The van der Waals surface area contributed by atoms with Crippen molar-refractivity contribution in [3.05, 3.63) is 35.0 Å². The number of rotatable bonds is 4. The number of nitrogens with one attached hydrogen (secondary N) is 1. The number of thiophene rings is 1. The average Bonchev–Trinajstić information content (AvgIpc) is 3.05. The summed E-state index contributed by atoms with van der Waals surface area (Å²) in [6, 6.07) is 4.93. The summed E-state index contributed by atoms with van der Waals surface area (Å²) >= 11 is 2.49. The minimum absolute atomic E-state index is 0.204. The number of hydrogen-bond acceptors (Lipinski definition) is 6. The molecule has 1 unspecified atom stereocenters. The van der Waals surface area contributed by atoms with Crippen LogP contribution in [0, 0.1) is 5.82 Å². The van der Waals surface area contributed by atoms with Crippen LogP contribution in [0.15, 0.2) is 33.8 Å². The molecule has 1 saturated heterocycles. The Morgan fingerprint density at radius 2 is 2.30 bits per heavy atom. The van der Waals surface area contributed by atoms with Crippen LogP contribution in [-0.2, 0) is 9.59 Å². The molecule has 0 aliphatic carbocycles.